The molecule has 0 spiro atoms. The fourth-order valence-electron chi connectivity index (χ4n) is 4.68. The maximum Gasteiger partial charge on any atom is 2.00 e. The summed E-state index contributed by atoms with van der Waals surface area (Å²) in [6, 6.07) is 34.4. The first kappa shape index (κ1) is 34.1. The van der Waals surface area contributed by atoms with Crippen molar-refractivity contribution in [2.24, 2.45) is 0 Å². The van der Waals surface area contributed by atoms with Crippen molar-refractivity contribution in [3.63, 3.8) is 0 Å². The summed E-state index contributed by atoms with van der Waals surface area (Å²) in [5.41, 5.74) is 2.16. The zero-order valence-electron chi connectivity index (χ0n) is 23.9. The number of pyridine rings is 2. The third-order valence-corrected chi connectivity index (χ3v) is 8.09. The van der Waals surface area contributed by atoms with Gasteiger partial charge in [-0.05, 0) is 54.7 Å². The van der Waals surface area contributed by atoms with E-state index < -0.39 is 25.5 Å². The van der Waals surface area contributed by atoms with Crippen LogP contribution < -0.4 is 0 Å². The predicted molar refractivity (Wildman–Crippen MR) is 168 cm³/mol. The molecule has 2 heterocycles. The number of nitro benzene ring substituents is 1. The van der Waals surface area contributed by atoms with Gasteiger partial charge >= 0.3 is 16.5 Å². The first-order valence-electron chi connectivity index (χ1n) is 14.0. The van der Waals surface area contributed by atoms with Crippen molar-refractivity contribution in [2.75, 3.05) is 0 Å². The fraction of sp³-hybridized carbons (Fsp3) is 0.176. The monoisotopic (exact) mass is 650 g/mol. The van der Waals surface area contributed by atoms with E-state index in [2.05, 4.69) is 32.9 Å². The Morgan fingerprint density at radius 3 is 2.05 bits per heavy atom. The third kappa shape index (κ3) is 10.1. The van der Waals surface area contributed by atoms with Gasteiger partial charge in [0, 0.05) is 24.7 Å². The quantitative estimate of drug-likeness (QED) is 0.0785. The van der Waals surface area contributed by atoms with E-state index in [1.54, 1.807) is 55.0 Å². The van der Waals surface area contributed by atoms with Gasteiger partial charge in [0.25, 0.3) is 5.69 Å². The molecule has 0 atom stereocenters. The summed E-state index contributed by atoms with van der Waals surface area (Å²) in [6.07, 6.45) is 12.1. The molecule has 1 fully saturated rings. The van der Waals surface area contributed by atoms with Gasteiger partial charge in [-0.25, -0.2) is 8.42 Å². The van der Waals surface area contributed by atoms with Gasteiger partial charge < -0.3 is 4.72 Å². The van der Waals surface area contributed by atoms with Crippen LogP contribution in [0.1, 0.15) is 43.6 Å². The maximum atomic E-state index is 12.6. The van der Waals surface area contributed by atoms with E-state index in [1.165, 1.54) is 61.9 Å². The second-order valence-corrected chi connectivity index (χ2v) is 11.3. The SMILES string of the molecule is O=[N+]([O-])c1ccccc1S(=O)(=O)[N-]c1ccccc1-c1ccccn1.[Ni+2].[c-]1ccccc1C1CCCCC1.c1ccncc1. The van der Waals surface area contributed by atoms with E-state index in [0.717, 1.165) is 12.0 Å². The smallest absolute Gasteiger partial charge is 0.572 e. The molecule has 1 aliphatic carbocycles. The average Bonchev–Trinajstić information content (AvgIpc) is 3.07. The molecule has 0 unspecified atom stereocenters. The summed E-state index contributed by atoms with van der Waals surface area (Å²) >= 11 is 0. The fourth-order valence-corrected chi connectivity index (χ4v) is 5.86. The average molecular weight is 651 g/mol. The number of hydrogen-bond donors (Lipinski definition) is 0. The Morgan fingerprint density at radius 1 is 0.773 bits per heavy atom. The van der Waals surface area contributed by atoms with Gasteiger partial charge in [0.2, 0.25) is 0 Å². The summed E-state index contributed by atoms with van der Waals surface area (Å²) in [5.74, 6) is 0.806. The molecule has 8 nitrogen and oxygen atoms in total. The van der Waals surface area contributed by atoms with Crippen molar-refractivity contribution in [2.45, 2.75) is 42.9 Å². The Balaban J connectivity index is 0.000000228. The molecule has 2 aromatic heterocycles. The maximum absolute atomic E-state index is 12.6. The molecule has 0 radical (unpaired) electrons. The van der Waals surface area contributed by atoms with Gasteiger partial charge in [-0.3, -0.25) is 20.1 Å². The number of nitrogens with zero attached hydrogens (tertiary/aromatic N) is 4. The Labute approximate surface area is 268 Å². The van der Waals surface area contributed by atoms with Gasteiger partial charge in [0.15, 0.2) is 0 Å². The number of rotatable bonds is 6. The van der Waals surface area contributed by atoms with Crippen LogP contribution in [0.3, 0.4) is 0 Å². The molecule has 1 aliphatic rings. The standard InChI is InChI=1S/C17H12N3O4S.C12H15.C5H5N.Ni/c21-20(22)16-10-3-4-11-17(16)25(23,24)19-15-9-2-1-7-13(15)14-8-5-6-12-18-14;1-3-7-11(8-4-1)12-9-5-2-6-10-12;1-2-4-6-5-3-1;/h1-12H;1,3-4,7,12H,2,5-6,9-10H2;1-5H;/q2*-1;;+2. The topological polar surface area (TPSA) is 117 Å². The molecule has 3 aromatic carbocycles. The molecular formula is C34H32N4NiO4S. The van der Waals surface area contributed by atoms with Crippen LogP contribution in [-0.2, 0) is 26.5 Å². The van der Waals surface area contributed by atoms with Crippen LogP contribution in [0, 0.1) is 16.2 Å². The van der Waals surface area contributed by atoms with Crippen molar-refractivity contribution in [1.82, 2.24) is 9.97 Å². The van der Waals surface area contributed by atoms with E-state index in [1.807, 2.05) is 30.3 Å². The molecular weight excluding hydrogens is 619 g/mol. The summed E-state index contributed by atoms with van der Waals surface area (Å²) in [4.78, 5) is 17.9. The summed E-state index contributed by atoms with van der Waals surface area (Å²) in [6.45, 7) is 0. The van der Waals surface area contributed by atoms with Crippen molar-refractivity contribution in [1.29, 1.82) is 0 Å². The van der Waals surface area contributed by atoms with Crippen molar-refractivity contribution < 1.29 is 29.8 Å². The van der Waals surface area contributed by atoms with Gasteiger partial charge in [-0.15, -0.1) is 5.69 Å². The number of aromatic nitrogens is 2. The minimum absolute atomic E-state index is 0. The Hall–Kier alpha value is -4.40. The molecule has 0 N–H and O–H groups in total. The summed E-state index contributed by atoms with van der Waals surface area (Å²) in [7, 11) is -4.26. The molecule has 0 aliphatic heterocycles. The molecule has 1 saturated carbocycles. The van der Waals surface area contributed by atoms with Crippen molar-refractivity contribution in [3.05, 3.63) is 154 Å². The normalized spacial score (nSPS) is 12.6. The van der Waals surface area contributed by atoms with Crippen LogP contribution in [0.5, 0.6) is 0 Å². The number of benzene rings is 3. The molecule has 44 heavy (non-hydrogen) atoms. The zero-order valence-corrected chi connectivity index (χ0v) is 25.7. The first-order valence-corrected chi connectivity index (χ1v) is 15.4. The predicted octanol–water partition coefficient (Wildman–Crippen LogP) is 8.66. The van der Waals surface area contributed by atoms with Gasteiger partial charge in [-0.1, -0.05) is 67.8 Å². The van der Waals surface area contributed by atoms with Crippen LogP contribution in [0.2, 0.25) is 0 Å². The first-order chi connectivity index (χ1) is 21.0. The number of nitro groups is 1. The van der Waals surface area contributed by atoms with Gasteiger partial charge in [0.05, 0.1) is 10.6 Å². The van der Waals surface area contributed by atoms with Crippen LogP contribution in [-0.4, -0.2) is 23.3 Å². The largest absolute Gasteiger partial charge is 2.00 e. The molecule has 228 valence electrons. The number of hydrogen-bond acceptors (Lipinski definition) is 6. The molecule has 0 amide bonds. The van der Waals surface area contributed by atoms with E-state index in [4.69, 9.17) is 0 Å². The summed E-state index contributed by atoms with van der Waals surface area (Å²) < 4.78 is 29.0. The molecule has 0 saturated heterocycles. The molecule has 6 rings (SSSR count). The second-order valence-electron chi connectivity index (χ2n) is 9.70. The molecule has 10 heteroatoms. The van der Waals surface area contributed by atoms with Gasteiger partial charge in [-0.2, -0.15) is 35.9 Å². The summed E-state index contributed by atoms with van der Waals surface area (Å²) in [5, 5.41) is 11.1. The van der Waals surface area contributed by atoms with Crippen molar-refractivity contribution >= 4 is 21.4 Å². The zero-order chi connectivity index (χ0) is 30.3. The minimum Gasteiger partial charge on any atom is -0.572 e. The Bertz CT molecular complexity index is 1640. The Morgan fingerprint density at radius 2 is 1.43 bits per heavy atom. The van der Waals surface area contributed by atoms with Crippen LogP contribution in [0.25, 0.3) is 16.0 Å². The van der Waals surface area contributed by atoms with Crippen molar-refractivity contribution in [3.8, 4) is 11.3 Å². The van der Waals surface area contributed by atoms with Gasteiger partial charge in [0.1, 0.15) is 14.9 Å². The van der Waals surface area contributed by atoms with E-state index in [9.17, 15) is 18.5 Å². The van der Waals surface area contributed by atoms with E-state index >= 15 is 0 Å². The van der Waals surface area contributed by atoms with Crippen LogP contribution in [0.4, 0.5) is 11.4 Å². The number of sulfonamides is 1. The minimum atomic E-state index is -4.26. The Kier molecular flexibility index (Phi) is 13.7. The number of para-hydroxylation sites is 1. The van der Waals surface area contributed by atoms with Crippen LogP contribution in [0.15, 0.2) is 133 Å². The molecule has 0 bridgehead atoms. The van der Waals surface area contributed by atoms with E-state index in [-0.39, 0.29) is 22.2 Å². The van der Waals surface area contributed by atoms with E-state index in [0.29, 0.717) is 11.3 Å². The van der Waals surface area contributed by atoms with Crippen LogP contribution >= 0.6 is 0 Å². The molecule has 5 aromatic rings. The third-order valence-electron chi connectivity index (χ3n) is 6.75. The second kappa shape index (κ2) is 17.7.